The number of nitrogens with zero attached hydrogens (tertiary/aromatic N) is 6. The molecule has 100 valence electrons. The van der Waals surface area contributed by atoms with Gasteiger partial charge in [0.2, 0.25) is 5.91 Å². The van der Waals surface area contributed by atoms with Crippen LogP contribution in [0, 0.1) is 0 Å². The molecule has 0 aliphatic carbocycles. The lowest BCUT2D eigenvalue weighted by Gasteiger charge is -2.15. The van der Waals surface area contributed by atoms with E-state index >= 15 is 0 Å². The molecule has 1 saturated heterocycles. The Morgan fingerprint density at radius 3 is 3.00 bits per heavy atom. The van der Waals surface area contributed by atoms with Crippen LogP contribution in [0.5, 0.6) is 0 Å². The van der Waals surface area contributed by atoms with Crippen LogP contribution in [0.2, 0.25) is 0 Å². The molecule has 1 aliphatic heterocycles. The monoisotopic (exact) mass is 261 g/mol. The summed E-state index contributed by atoms with van der Waals surface area (Å²) in [6.45, 7) is 2.36. The van der Waals surface area contributed by atoms with Crippen LogP contribution in [0.3, 0.4) is 0 Å². The summed E-state index contributed by atoms with van der Waals surface area (Å²) in [6, 6.07) is 3.57. The predicted octanol–water partition coefficient (Wildman–Crippen LogP) is -0.0563. The number of carbonyl (C=O) groups is 1. The Morgan fingerprint density at radius 2 is 2.16 bits per heavy atom. The Hall–Kier alpha value is -2.25. The van der Waals surface area contributed by atoms with Crippen molar-refractivity contribution in [1.82, 2.24) is 30.2 Å². The second-order valence-corrected chi connectivity index (χ2v) is 4.51. The zero-order valence-corrected chi connectivity index (χ0v) is 10.5. The van der Waals surface area contributed by atoms with Crippen molar-refractivity contribution in [1.29, 1.82) is 0 Å². The maximum absolute atomic E-state index is 11.8. The van der Waals surface area contributed by atoms with Crippen LogP contribution in [-0.4, -0.2) is 55.7 Å². The van der Waals surface area contributed by atoms with Gasteiger partial charge in [-0.3, -0.25) is 4.79 Å². The van der Waals surface area contributed by atoms with Gasteiger partial charge in [-0.05, 0) is 35.4 Å². The van der Waals surface area contributed by atoms with E-state index in [1.54, 1.807) is 12.1 Å². The van der Waals surface area contributed by atoms with E-state index in [2.05, 4.69) is 25.9 Å². The molecule has 1 amide bonds. The molecule has 1 fully saturated rings. The van der Waals surface area contributed by atoms with Gasteiger partial charge in [0.1, 0.15) is 5.82 Å². The molecule has 0 radical (unpaired) electrons. The van der Waals surface area contributed by atoms with E-state index in [0.29, 0.717) is 24.4 Å². The predicted molar refractivity (Wildman–Crippen MR) is 67.5 cm³/mol. The van der Waals surface area contributed by atoms with Crippen LogP contribution in [0.15, 0.2) is 12.1 Å². The number of nitrogens with one attached hydrogen (secondary N) is 1. The van der Waals surface area contributed by atoms with Gasteiger partial charge in [0.05, 0.1) is 0 Å². The van der Waals surface area contributed by atoms with Crippen molar-refractivity contribution in [3.05, 3.63) is 12.1 Å². The Bertz CT molecular complexity index is 575. The van der Waals surface area contributed by atoms with Crippen molar-refractivity contribution in [3.63, 3.8) is 0 Å². The van der Waals surface area contributed by atoms with E-state index < -0.39 is 0 Å². The Kier molecular flexibility index (Phi) is 3.21. The SMILES string of the molecule is O=C(CCNc1ccc2nnnn2n1)N1CCCC1. The Balaban J connectivity index is 1.52. The molecule has 0 bridgehead atoms. The number of fused-ring (bicyclic) bond motifs is 1. The summed E-state index contributed by atoms with van der Waals surface area (Å²) in [4.78, 5) is 13.8. The van der Waals surface area contributed by atoms with Gasteiger partial charge in [0.15, 0.2) is 5.65 Å². The highest BCUT2D eigenvalue weighted by molar-refractivity contribution is 5.76. The van der Waals surface area contributed by atoms with E-state index in [1.807, 2.05) is 4.90 Å². The van der Waals surface area contributed by atoms with Crippen LogP contribution in [0.4, 0.5) is 5.82 Å². The number of hydrogen-bond acceptors (Lipinski definition) is 6. The second kappa shape index (κ2) is 5.17. The maximum atomic E-state index is 11.8. The fourth-order valence-corrected chi connectivity index (χ4v) is 2.17. The number of carbonyl (C=O) groups excluding carboxylic acids is 1. The molecule has 3 rings (SSSR count). The van der Waals surface area contributed by atoms with Crippen molar-refractivity contribution in [2.75, 3.05) is 25.0 Å². The molecule has 0 saturated carbocycles. The molecule has 0 aromatic carbocycles. The van der Waals surface area contributed by atoms with Crippen LogP contribution in [0.1, 0.15) is 19.3 Å². The number of tetrazole rings is 1. The molecule has 2 aromatic heterocycles. The number of hydrogen-bond donors (Lipinski definition) is 1. The third-order valence-electron chi connectivity index (χ3n) is 3.17. The first-order valence-corrected chi connectivity index (χ1v) is 6.40. The Morgan fingerprint density at radius 1 is 1.32 bits per heavy atom. The summed E-state index contributed by atoms with van der Waals surface area (Å²) in [5, 5.41) is 18.3. The van der Waals surface area contributed by atoms with Gasteiger partial charge in [-0.2, -0.15) is 0 Å². The molecule has 0 spiro atoms. The van der Waals surface area contributed by atoms with Gasteiger partial charge >= 0.3 is 0 Å². The Labute approximate surface area is 109 Å². The fraction of sp³-hybridized carbons (Fsp3) is 0.545. The minimum Gasteiger partial charge on any atom is -0.368 e. The first-order valence-electron chi connectivity index (χ1n) is 6.40. The molecule has 2 aromatic rings. The highest BCUT2D eigenvalue weighted by Crippen LogP contribution is 2.09. The smallest absolute Gasteiger partial charge is 0.224 e. The van der Waals surface area contributed by atoms with E-state index in [0.717, 1.165) is 25.9 Å². The van der Waals surface area contributed by atoms with Crippen molar-refractivity contribution < 1.29 is 4.79 Å². The average molecular weight is 261 g/mol. The summed E-state index contributed by atoms with van der Waals surface area (Å²) in [7, 11) is 0. The highest BCUT2D eigenvalue weighted by Gasteiger charge is 2.16. The number of anilines is 1. The quantitative estimate of drug-likeness (QED) is 0.829. The van der Waals surface area contributed by atoms with Gasteiger partial charge in [-0.25, -0.2) is 0 Å². The van der Waals surface area contributed by atoms with E-state index in [4.69, 9.17) is 0 Å². The fourth-order valence-electron chi connectivity index (χ4n) is 2.17. The third-order valence-corrected chi connectivity index (χ3v) is 3.17. The molecule has 1 aliphatic rings. The lowest BCUT2D eigenvalue weighted by Crippen LogP contribution is -2.29. The van der Waals surface area contributed by atoms with Crippen molar-refractivity contribution in [3.8, 4) is 0 Å². The summed E-state index contributed by atoms with van der Waals surface area (Å²) in [5.41, 5.74) is 0.596. The molecular formula is C11H15N7O. The lowest BCUT2D eigenvalue weighted by molar-refractivity contribution is -0.129. The van der Waals surface area contributed by atoms with Crippen LogP contribution < -0.4 is 5.32 Å². The van der Waals surface area contributed by atoms with Crippen molar-refractivity contribution >= 4 is 17.4 Å². The summed E-state index contributed by atoms with van der Waals surface area (Å²) in [5.74, 6) is 0.863. The van der Waals surface area contributed by atoms with Gasteiger partial charge < -0.3 is 10.2 Å². The molecule has 3 heterocycles. The highest BCUT2D eigenvalue weighted by atomic mass is 16.2. The molecule has 0 atom stereocenters. The third kappa shape index (κ3) is 2.61. The first-order chi connectivity index (χ1) is 9.33. The molecule has 8 nitrogen and oxygen atoms in total. The number of amides is 1. The van der Waals surface area contributed by atoms with Gasteiger partial charge in [-0.1, -0.05) is 0 Å². The van der Waals surface area contributed by atoms with E-state index in [9.17, 15) is 4.79 Å². The van der Waals surface area contributed by atoms with Gasteiger partial charge in [0, 0.05) is 26.1 Å². The molecule has 19 heavy (non-hydrogen) atoms. The minimum absolute atomic E-state index is 0.202. The van der Waals surface area contributed by atoms with E-state index in [-0.39, 0.29) is 5.91 Å². The standard InChI is InChI=1S/C11H15N7O/c19-11(17-7-1-2-8-17)5-6-12-9-3-4-10-13-15-16-18(10)14-9/h3-4H,1-2,5-8H2,(H,12,14). The summed E-state index contributed by atoms with van der Waals surface area (Å²) < 4.78 is 1.35. The lowest BCUT2D eigenvalue weighted by atomic mass is 10.3. The molecule has 1 N–H and O–H groups in total. The summed E-state index contributed by atoms with van der Waals surface area (Å²) >= 11 is 0. The minimum atomic E-state index is 0.202. The molecular weight excluding hydrogens is 246 g/mol. The number of rotatable bonds is 4. The average Bonchev–Trinajstić information content (AvgIpc) is 3.09. The zero-order valence-electron chi connectivity index (χ0n) is 10.5. The molecule has 8 heteroatoms. The summed E-state index contributed by atoms with van der Waals surface area (Å²) in [6.07, 6.45) is 2.72. The van der Waals surface area contributed by atoms with Gasteiger partial charge in [0.25, 0.3) is 0 Å². The molecule has 0 unspecified atom stereocenters. The van der Waals surface area contributed by atoms with Gasteiger partial charge in [-0.15, -0.1) is 14.8 Å². The first kappa shape index (κ1) is 11.8. The van der Waals surface area contributed by atoms with Crippen LogP contribution >= 0.6 is 0 Å². The second-order valence-electron chi connectivity index (χ2n) is 4.51. The topological polar surface area (TPSA) is 88.3 Å². The van der Waals surface area contributed by atoms with Crippen molar-refractivity contribution in [2.45, 2.75) is 19.3 Å². The normalized spacial score (nSPS) is 15.1. The largest absolute Gasteiger partial charge is 0.368 e. The number of aromatic nitrogens is 5. The van der Waals surface area contributed by atoms with Crippen LogP contribution in [-0.2, 0) is 4.79 Å². The maximum Gasteiger partial charge on any atom is 0.224 e. The van der Waals surface area contributed by atoms with E-state index in [1.165, 1.54) is 4.63 Å². The van der Waals surface area contributed by atoms with Crippen LogP contribution in [0.25, 0.3) is 5.65 Å². The van der Waals surface area contributed by atoms with Crippen molar-refractivity contribution in [2.24, 2.45) is 0 Å². The zero-order chi connectivity index (χ0) is 13.1. The number of likely N-dealkylation sites (tertiary alicyclic amines) is 1.